The lowest BCUT2D eigenvalue weighted by Gasteiger charge is -2.10. The van der Waals surface area contributed by atoms with Crippen molar-refractivity contribution in [3.63, 3.8) is 0 Å². The molecule has 0 atom stereocenters. The van der Waals surface area contributed by atoms with E-state index in [4.69, 9.17) is 11.6 Å². The topological polar surface area (TPSA) is 34.0 Å². The average molecular weight is 277 g/mol. The van der Waals surface area contributed by atoms with Crippen molar-refractivity contribution in [1.82, 2.24) is 19.7 Å². The van der Waals surface area contributed by atoms with E-state index >= 15 is 0 Å². The molecule has 1 aromatic heterocycles. The van der Waals surface area contributed by atoms with Crippen LogP contribution in [0.25, 0.3) is 11.4 Å². The molecule has 5 heteroatoms. The highest BCUT2D eigenvalue weighted by Gasteiger charge is 2.16. The molecule has 0 unspecified atom stereocenters. The van der Waals surface area contributed by atoms with Gasteiger partial charge in [-0.05, 0) is 50.2 Å². The molecule has 0 amide bonds. The third-order valence-electron chi connectivity index (χ3n) is 3.47. The van der Waals surface area contributed by atoms with E-state index < -0.39 is 0 Å². The van der Waals surface area contributed by atoms with Crippen molar-refractivity contribution in [2.45, 2.75) is 19.4 Å². The third kappa shape index (κ3) is 2.80. The Bertz CT molecular complexity index is 555. The van der Waals surface area contributed by atoms with Crippen LogP contribution in [-0.2, 0) is 13.6 Å². The first-order valence-electron chi connectivity index (χ1n) is 6.60. The standard InChI is InChI=1S/C14H17ClN4/c1-18-14(11-4-6-12(15)7-5-11)16-13(17-18)10-19-8-2-3-9-19/h4-7H,2-3,8-10H2,1H3. The molecule has 1 saturated heterocycles. The van der Waals surface area contributed by atoms with Crippen LogP contribution in [-0.4, -0.2) is 32.8 Å². The van der Waals surface area contributed by atoms with E-state index in [0.29, 0.717) is 0 Å². The zero-order chi connectivity index (χ0) is 13.2. The van der Waals surface area contributed by atoms with Gasteiger partial charge in [-0.25, -0.2) is 9.67 Å². The Morgan fingerprint density at radius 2 is 1.84 bits per heavy atom. The Morgan fingerprint density at radius 1 is 1.16 bits per heavy atom. The van der Waals surface area contributed by atoms with Gasteiger partial charge in [0, 0.05) is 17.6 Å². The predicted molar refractivity (Wildman–Crippen MR) is 76.0 cm³/mol. The summed E-state index contributed by atoms with van der Waals surface area (Å²) in [6.45, 7) is 3.17. The molecule has 0 spiro atoms. The molecule has 2 heterocycles. The Balaban J connectivity index is 1.82. The normalized spacial score (nSPS) is 16.1. The van der Waals surface area contributed by atoms with Crippen LogP contribution in [0.3, 0.4) is 0 Å². The number of nitrogens with zero attached hydrogens (tertiary/aromatic N) is 4. The molecule has 0 N–H and O–H groups in total. The Morgan fingerprint density at radius 3 is 2.53 bits per heavy atom. The van der Waals surface area contributed by atoms with Crippen molar-refractivity contribution >= 4 is 11.6 Å². The number of aromatic nitrogens is 3. The van der Waals surface area contributed by atoms with Gasteiger partial charge in [-0.3, -0.25) is 4.90 Å². The van der Waals surface area contributed by atoms with Gasteiger partial charge in [0.2, 0.25) is 0 Å². The van der Waals surface area contributed by atoms with E-state index in [1.54, 1.807) is 0 Å². The quantitative estimate of drug-likeness (QED) is 0.864. The van der Waals surface area contributed by atoms with Crippen LogP contribution in [0.5, 0.6) is 0 Å². The number of benzene rings is 1. The van der Waals surface area contributed by atoms with Crippen molar-refractivity contribution in [3.05, 3.63) is 35.1 Å². The smallest absolute Gasteiger partial charge is 0.165 e. The molecule has 0 radical (unpaired) electrons. The second-order valence-electron chi connectivity index (χ2n) is 4.97. The van der Waals surface area contributed by atoms with E-state index in [-0.39, 0.29) is 0 Å². The number of hydrogen-bond donors (Lipinski definition) is 0. The summed E-state index contributed by atoms with van der Waals surface area (Å²) in [4.78, 5) is 7.04. The van der Waals surface area contributed by atoms with Gasteiger partial charge in [0.15, 0.2) is 11.6 Å². The monoisotopic (exact) mass is 276 g/mol. The molecule has 1 aliphatic rings. The summed E-state index contributed by atoms with van der Waals surface area (Å²) in [7, 11) is 1.93. The molecule has 0 bridgehead atoms. The van der Waals surface area contributed by atoms with Gasteiger partial charge in [0.25, 0.3) is 0 Å². The fourth-order valence-electron chi connectivity index (χ4n) is 2.50. The van der Waals surface area contributed by atoms with Gasteiger partial charge in [-0.1, -0.05) is 11.6 Å². The molecule has 4 nitrogen and oxygen atoms in total. The van der Waals surface area contributed by atoms with Crippen molar-refractivity contribution in [1.29, 1.82) is 0 Å². The number of likely N-dealkylation sites (tertiary alicyclic amines) is 1. The largest absolute Gasteiger partial charge is 0.296 e. The van der Waals surface area contributed by atoms with Crippen LogP contribution in [0, 0.1) is 0 Å². The van der Waals surface area contributed by atoms with Crippen molar-refractivity contribution < 1.29 is 0 Å². The molecular weight excluding hydrogens is 260 g/mol. The lowest BCUT2D eigenvalue weighted by molar-refractivity contribution is 0.322. The minimum absolute atomic E-state index is 0.739. The zero-order valence-corrected chi connectivity index (χ0v) is 11.8. The van der Waals surface area contributed by atoms with E-state index in [0.717, 1.165) is 41.9 Å². The molecule has 100 valence electrons. The molecule has 1 aliphatic heterocycles. The predicted octanol–water partition coefficient (Wildman–Crippen LogP) is 2.73. The molecule has 0 saturated carbocycles. The molecule has 0 aliphatic carbocycles. The van der Waals surface area contributed by atoms with Crippen LogP contribution in [0.2, 0.25) is 5.02 Å². The summed E-state index contributed by atoms with van der Waals surface area (Å²) >= 11 is 5.91. The molecular formula is C14H17ClN4. The summed E-state index contributed by atoms with van der Waals surface area (Å²) in [6.07, 6.45) is 2.58. The van der Waals surface area contributed by atoms with Crippen LogP contribution in [0.15, 0.2) is 24.3 Å². The van der Waals surface area contributed by atoms with Gasteiger partial charge < -0.3 is 0 Å². The van der Waals surface area contributed by atoms with E-state index in [1.807, 2.05) is 36.0 Å². The first-order valence-corrected chi connectivity index (χ1v) is 6.98. The first kappa shape index (κ1) is 12.6. The van der Waals surface area contributed by atoms with Crippen molar-refractivity contribution in [3.8, 4) is 11.4 Å². The second-order valence-corrected chi connectivity index (χ2v) is 5.40. The lowest BCUT2D eigenvalue weighted by Crippen LogP contribution is -2.19. The highest BCUT2D eigenvalue weighted by atomic mass is 35.5. The van der Waals surface area contributed by atoms with Gasteiger partial charge in [-0.15, -0.1) is 0 Å². The summed E-state index contributed by atoms with van der Waals surface area (Å²) in [5, 5.41) is 5.24. The summed E-state index contributed by atoms with van der Waals surface area (Å²) < 4.78 is 1.84. The third-order valence-corrected chi connectivity index (χ3v) is 3.73. The highest BCUT2D eigenvalue weighted by Crippen LogP contribution is 2.20. The molecule has 1 aromatic carbocycles. The minimum atomic E-state index is 0.739. The summed E-state index contributed by atoms with van der Waals surface area (Å²) in [5.74, 6) is 1.79. The average Bonchev–Trinajstić information content (AvgIpc) is 3.01. The maximum absolute atomic E-state index is 5.91. The molecule has 3 rings (SSSR count). The number of aryl methyl sites for hydroxylation is 1. The maximum Gasteiger partial charge on any atom is 0.165 e. The second kappa shape index (κ2) is 5.31. The van der Waals surface area contributed by atoms with Gasteiger partial charge in [0.05, 0.1) is 6.54 Å². The van der Waals surface area contributed by atoms with Crippen LogP contribution < -0.4 is 0 Å². The van der Waals surface area contributed by atoms with Crippen LogP contribution >= 0.6 is 11.6 Å². The van der Waals surface area contributed by atoms with Crippen molar-refractivity contribution in [2.24, 2.45) is 7.05 Å². The SMILES string of the molecule is Cn1nc(CN2CCCC2)nc1-c1ccc(Cl)cc1. The van der Waals surface area contributed by atoms with Crippen LogP contribution in [0.4, 0.5) is 0 Å². The van der Waals surface area contributed by atoms with Gasteiger partial charge in [-0.2, -0.15) is 5.10 Å². The Labute approximate surface area is 118 Å². The molecule has 2 aromatic rings. The highest BCUT2D eigenvalue weighted by molar-refractivity contribution is 6.30. The van der Waals surface area contributed by atoms with Gasteiger partial charge in [0.1, 0.15) is 0 Å². The Kier molecular flexibility index (Phi) is 3.53. The van der Waals surface area contributed by atoms with E-state index in [1.165, 1.54) is 12.8 Å². The fraction of sp³-hybridized carbons (Fsp3) is 0.429. The maximum atomic E-state index is 5.91. The van der Waals surface area contributed by atoms with E-state index in [2.05, 4.69) is 15.0 Å². The van der Waals surface area contributed by atoms with Gasteiger partial charge >= 0.3 is 0 Å². The first-order chi connectivity index (χ1) is 9.22. The number of halogens is 1. The number of hydrogen-bond acceptors (Lipinski definition) is 3. The summed E-state index contributed by atoms with van der Waals surface area (Å²) in [6, 6.07) is 7.72. The lowest BCUT2D eigenvalue weighted by atomic mass is 10.2. The zero-order valence-electron chi connectivity index (χ0n) is 11.0. The molecule has 19 heavy (non-hydrogen) atoms. The number of rotatable bonds is 3. The summed E-state index contributed by atoms with van der Waals surface area (Å²) in [5.41, 5.74) is 1.05. The van der Waals surface area contributed by atoms with Crippen LogP contribution in [0.1, 0.15) is 18.7 Å². The Hall–Kier alpha value is -1.39. The molecule has 1 fully saturated rings. The van der Waals surface area contributed by atoms with Crippen molar-refractivity contribution in [2.75, 3.05) is 13.1 Å². The fourth-order valence-corrected chi connectivity index (χ4v) is 2.62. The van der Waals surface area contributed by atoms with E-state index in [9.17, 15) is 0 Å². The minimum Gasteiger partial charge on any atom is -0.296 e.